The van der Waals surface area contributed by atoms with Gasteiger partial charge in [0.2, 0.25) is 0 Å². The van der Waals surface area contributed by atoms with Crippen LogP contribution in [0.15, 0.2) is 36.5 Å². The lowest BCUT2D eigenvalue weighted by molar-refractivity contribution is 0.835. The average molecular weight is 247 g/mol. The highest BCUT2D eigenvalue weighted by atomic mass is 32.1. The molecule has 4 heteroatoms. The van der Waals surface area contributed by atoms with Crippen molar-refractivity contribution in [1.82, 2.24) is 4.98 Å². The maximum absolute atomic E-state index is 5.83. The Morgan fingerprint density at radius 2 is 2.06 bits per heavy atom. The molecule has 0 fully saturated rings. The molecule has 1 atom stereocenters. The molecule has 0 amide bonds. The molecule has 0 aliphatic heterocycles. The molecule has 1 aromatic heterocycles. The molecule has 3 nitrogen and oxygen atoms in total. The molecule has 0 bridgehead atoms. The minimum Gasteiger partial charge on any atom is -0.347 e. The van der Waals surface area contributed by atoms with Gasteiger partial charge in [-0.25, -0.2) is 4.98 Å². The minimum atomic E-state index is 0.0615. The Hall–Kier alpha value is -1.39. The quantitative estimate of drug-likeness (QED) is 0.903. The SMILES string of the molecule is CC(N)c1cnc(N(C)Cc2ccccc2)s1. The highest BCUT2D eigenvalue weighted by Gasteiger charge is 2.09. The molecule has 0 spiro atoms. The minimum absolute atomic E-state index is 0.0615. The molecule has 1 unspecified atom stereocenters. The van der Waals surface area contributed by atoms with E-state index in [1.165, 1.54) is 5.56 Å². The first-order chi connectivity index (χ1) is 8.16. The first-order valence-electron chi connectivity index (χ1n) is 5.63. The molecule has 0 saturated carbocycles. The van der Waals surface area contributed by atoms with E-state index < -0.39 is 0 Å². The van der Waals surface area contributed by atoms with Crippen molar-refractivity contribution in [3.05, 3.63) is 47.0 Å². The van der Waals surface area contributed by atoms with Crippen molar-refractivity contribution in [1.29, 1.82) is 0 Å². The number of aromatic nitrogens is 1. The third-order valence-corrected chi connectivity index (χ3v) is 3.86. The van der Waals surface area contributed by atoms with Gasteiger partial charge in [0.1, 0.15) is 0 Å². The van der Waals surface area contributed by atoms with E-state index >= 15 is 0 Å². The van der Waals surface area contributed by atoms with Crippen molar-refractivity contribution in [2.75, 3.05) is 11.9 Å². The molecule has 17 heavy (non-hydrogen) atoms. The van der Waals surface area contributed by atoms with Gasteiger partial charge in [0.25, 0.3) is 0 Å². The van der Waals surface area contributed by atoms with E-state index in [1.807, 2.05) is 19.2 Å². The van der Waals surface area contributed by atoms with E-state index in [0.717, 1.165) is 16.6 Å². The normalized spacial score (nSPS) is 12.4. The second-order valence-corrected chi connectivity index (χ2v) is 5.22. The van der Waals surface area contributed by atoms with Crippen LogP contribution < -0.4 is 10.6 Å². The summed E-state index contributed by atoms with van der Waals surface area (Å²) in [5.74, 6) is 0. The van der Waals surface area contributed by atoms with Crippen LogP contribution in [0.3, 0.4) is 0 Å². The average Bonchev–Trinajstić information content (AvgIpc) is 2.79. The van der Waals surface area contributed by atoms with Crippen molar-refractivity contribution < 1.29 is 0 Å². The number of thiazole rings is 1. The first kappa shape index (κ1) is 12.1. The van der Waals surface area contributed by atoms with Crippen LogP contribution in [0.5, 0.6) is 0 Å². The molecule has 1 aromatic carbocycles. The summed E-state index contributed by atoms with van der Waals surface area (Å²) in [7, 11) is 2.05. The Labute approximate surface area is 106 Å². The summed E-state index contributed by atoms with van der Waals surface area (Å²) >= 11 is 1.66. The molecule has 1 heterocycles. The fourth-order valence-corrected chi connectivity index (χ4v) is 2.42. The van der Waals surface area contributed by atoms with Crippen molar-refractivity contribution in [2.24, 2.45) is 5.73 Å². The highest BCUT2D eigenvalue weighted by Crippen LogP contribution is 2.26. The van der Waals surface area contributed by atoms with Gasteiger partial charge in [-0.3, -0.25) is 0 Å². The van der Waals surface area contributed by atoms with E-state index in [9.17, 15) is 0 Å². The van der Waals surface area contributed by atoms with Gasteiger partial charge >= 0.3 is 0 Å². The van der Waals surface area contributed by atoms with Crippen LogP contribution >= 0.6 is 11.3 Å². The predicted octanol–water partition coefficient (Wildman–Crippen LogP) is 2.80. The molecule has 0 saturated heterocycles. The standard InChI is InChI=1S/C13H17N3S/c1-10(14)12-8-15-13(17-12)16(2)9-11-6-4-3-5-7-11/h3-8,10H,9,14H2,1-2H3. The Bertz CT molecular complexity index is 465. The number of nitrogens with two attached hydrogens (primary N) is 1. The summed E-state index contributed by atoms with van der Waals surface area (Å²) in [6.45, 7) is 2.85. The molecular formula is C13H17N3S. The van der Waals surface area contributed by atoms with Gasteiger partial charge in [-0.05, 0) is 12.5 Å². The summed E-state index contributed by atoms with van der Waals surface area (Å²) in [6, 6.07) is 10.4. The smallest absolute Gasteiger partial charge is 0.185 e. The van der Waals surface area contributed by atoms with Crippen molar-refractivity contribution in [2.45, 2.75) is 19.5 Å². The molecule has 2 N–H and O–H groups in total. The van der Waals surface area contributed by atoms with Gasteiger partial charge in [0, 0.05) is 30.7 Å². The van der Waals surface area contributed by atoms with E-state index in [-0.39, 0.29) is 6.04 Å². The molecule has 0 aliphatic carbocycles. The zero-order chi connectivity index (χ0) is 12.3. The van der Waals surface area contributed by atoms with Gasteiger partial charge in [0.15, 0.2) is 5.13 Å². The summed E-state index contributed by atoms with van der Waals surface area (Å²) < 4.78 is 0. The lowest BCUT2D eigenvalue weighted by Crippen LogP contribution is -2.15. The largest absolute Gasteiger partial charge is 0.347 e. The Morgan fingerprint density at radius 1 is 1.35 bits per heavy atom. The van der Waals surface area contributed by atoms with E-state index in [4.69, 9.17) is 5.73 Å². The Balaban J connectivity index is 2.07. The van der Waals surface area contributed by atoms with Gasteiger partial charge in [0.05, 0.1) is 0 Å². The van der Waals surface area contributed by atoms with Crippen molar-refractivity contribution >= 4 is 16.5 Å². The third-order valence-electron chi connectivity index (χ3n) is 2.55. The Kier molecular flexibility index (Phi) is 3.76. The maximum Gasteiger partial charge on any atom is 0.185 e. The van der Waals surface area contributed by atoms with Gasteiger partial charge in [-0.15, -0.1) is 11.3 Å². The molecular weight excluding hydrogens is 230 g/mol. The molecule has 90 valence electrons. The predicted molar refractivity (Wildman–Crippen MR) is 73.3 cm³/mol. The zero-order valence-corrected chi connectivity index (χ0v) is 10.9. The highest BCUT2D eigenvalue weighted by molar-refractivity contribution is 7.15. The number of benzene rings is 1. The summed E-state index contributed by atoms with van der Waals surface area (Å²) in [5.41, 5.74) is 7.12. The first-order valence-corrected chi connectivity index (χ1v) is 6.45. The third kappa shape index (κ3) is 3.05. The number of hydrogen-bond acceptors (Lipinski definition) is 4. The van der Waals surface area contributed by atoms with Gasteiger partial charge in [-0.1, -0.05) is 30.3 Å². The number of anilines is 1. The monoisotopic (exact) mass is 247 g/mol. The molecule has 0 radical (unpaired) electrons. The summed E-state index contributed by atoms with van der Waals surface area (Å²) in [5, 5.41) is 1.01. The number of rotatable bonds is 4. The van der Waals surface area contributed by atoms with E-state index in [0.29, 0.717) is 0 Å². The van der Waals surface area contributed by atoms with Crippen LogP contribution in [0.4, 0.5) is 5.13 Å². The van der Waals surface area contributed by atoms with E-state index in [1.54, 1.807) is 11.3 Å². The van der Waals surface area contributed by atoms with Crippen LogP contribution in [-0.4, -0.2) is 12.0 Å². The van der Waals surface area contributed by atoms with Crippen LogP contribution in [0.2, 0.25) is 0 Å². The molecule has 2 rings (SSSR count). The summed E-state index contributed by atoms with van der Waals surface area (Å²) in [4.78, 5) is 7.67. The fourth-order valence-electron chi connectivity index (χ4n) is 1.59. The second kappa shape index (κ2) is 5.29. The van der Waals surface area contributed by atoms with Gasteiger partial charge < -0.3 is 10.6 Å². The number of nitrogens with zero attached hydrogens (tertiary/aromatic N) is 2. The van der Waals surface area contributed by atoms with Gasteiger partial charge in [-0.2, -0.15) is 0 Å². The lowest BCUT2D eigenvalue weighted by Gasteiger charge is -2.15. The fraction of sp³-hybridized carbons (Fsp3) is 0.308. The lowest BCUT2D eigenvalue weighted by atomic mass is 10.2. The van der Waals surface area contributed by atoms with Crippen LogP contribution in [0, 0.1) is 0 Å². The Morgan fingerprint density at radius 3 is 2.65 bits per heavy atom. The van der Waals surface area contributed by atoms with Crippen LogP contribution in [-0.2, 0) is 6.54 Å². The topological polar surface area (TPSA) is 42.1 Å². The number of hydrogen-bond donors (Lipinski definition) is 1. The van der Waals surface area contributed by atoms with Crippen LogP contribution in [0.1, 0.15) is 23.4 Å². The molecule has 0 aliphatic rings. The van der Waals surface area contributed by atoms with Crippen molar-refractivity contribution in [3.8, 4) is 0 Å². The molecule has 2 aromatic rings. The van der Waals surface area contributed by atoms with E-state index in [2.05, 4.69) is 41.2 Å². The summed E-state index contributed by atoms with van der Waals surface area (Å²) in [6.07, 6.45) is 1.87. The van der Waals surface area contributed by atoms with Crippen LogP contribution in [0.25, 0.3) is 0 Å². The maximum atomic E-state index is 5.83. The second-order valence-electron chi connectivity index (χ2n) is 4.18. The zero-order valence-electron chi connectivity index (χ0n) is 10.1. The van der Waals surface area contributed by atoms with Crippen molar-refractivity contribution in [3.63, 3.8) is 0 Å².